The highest BCUT2D eigenvalue weighted by molar-refractivity contribution is 5.81. The van der Waals surface area contributed by atoms with Crippen LogP contribution in [0.25, 0.3) is 0 Å². The van der Waals surface area contributed by atoms with Crippen LogP contribution in [0.2, 0.25) is 0 Å². The largest absolute Gasteiger partial charge is 0.355 e. The van der Waals surface area contributed by atoms with Crippen LogP contribution in [0, 0.1) is 0 Å². The second kappa shape index (κ2) is 32.9. The Morgan fingerprint density at radius 3 is 1.48 bits per heavy atom. The second-order valence-corrected chi connectivity index (χ2v) is 12.8. The van der Waals surface area contributed by atoms with Gasteiger partial charge in [-0.05, 0) is 83.7 Å². The summed E-state index contributed by atoms with van der Waals surface area (Å²) in [5.41, 5.74) is 23.0. The van der Waals surface area contributed by atoms with Crippen molar-refractivity contribution in [3.05, 3.63) is 12.2 Å². The fraction of sp³-hybridized carbons (Fsp3) is 0.861. The van der Waals surface area contributed by atoms with Gasteiger partial charge in [-0.25, -0.2) is 0 Å². The minimum absolute atomic E-state index is 0.132. The van der Waals surface area contributed by atoms with Crippen molar-refractivity contribution in [3.63, 3.8) is 0 Å². The minimum Gasteiger partial charge on any atom is -0.355 e. The van der Waals surface area contributed by atoms with Crippen LogP contribution in [0.1, 0.15) is 148 Å². The van der Waals surface area contributed by atoms with Crippen LogP contribution < -0.4 is 33.6 Å². The first-order valence-corrected chi connectivity index (χ1v) is 18.8. The Morgan fingerprint density at radius 1 is 0.587 bits per heavy atom. The van der Waals surface area contributed by atoms with Gasteiger partial charge in [0.2, 0.25) is 17.7 Å². The van der Waals surface area contributed by atoms with E-state index in [9.17, 15) is 14.4 Å². The van der Waals surface area contributed by atoms with Gasteiger partial charge in [0.05, 0.1) is 12.1 Å². The van der Waals surface area contributed by atoms with Crippen LogP contribution in [0.3, 0.4) is 0 Å². The zero-order chi connectivity index (χ0) is 34.1. The number of carbonyl (C=O) groups excluding carboxylic acids is 3. The summed E-state index contributed by atoms with van der Waals surface area (Å²) >= 11 is 0. The number of hydrogen-bond donors (Lipinski definition) is 6. The van der Waals surface area contributed by atoms with Gasteiger partial charge in [0, 0.05) is 32.6 Å². The molecule has 10 nitrogen and oxygen atoms in total. The van der Waals surface area contributed by atoms with E-state index >= 15 is 0 Å². The summed E-state index contributed by atoms with van der Waals surface area (Å²) in [5.74, 6) is -0.185. The summed E-state index contributed by atoms with van der Waals surface area (Å²) in [6.07, 6.45) is 27.0. The van der Waals surface area contributed by atoms with Gasteiger partial charge in [0.15, 0.2) is 0 Å². The van der Waals surface area contributed by atoms with Gasteiger partial charge in [0.25, 0.3) is 0 Å². The fourth-order valence-corrected chi connectivity index (χ4v) is 5.37. The number of carbonyl (C=O) groups is 3. The summed E-state index contributed by atoms with van der Waals surface area (Å²) in [6, 6.07) is -1.06. The lowest BCUT2D eigenvalue weighted by Crippen LogP contribution is -2.43. The molecule has 0 heterocycles. The number of rotatable bonds is 33. The predicted octanol–water partition coefficient (Wildman–Crippen LogP) is 4.78. The van der Waals surface area contributed by atoms with E-state index in [0.717, 1.165) is 51.4 Å². The third kappa shape index (κ3) is 27.1. The first kappa shape index (κ1) is 44.0. The van der Waals surface area contributed by atoms with Gasteiger partial charge in [0.1, 0.15) is 0 Å². The van der Waals surface area contributed by atoms with Crippen LogP contribution in [-0.2, 0) is 14.4 Å². The van der Waals surface area contributed by atoms with Gasteiger partial charge in [-0.15, -0.1) is 0 Å². The standard InChI is InChI=1S/C36H73N7O3/c1-2-3-4-5-6-7-8-9-10-11-12-13-14-15-16-25-34(44)43(30-21-28-41-35(45)32(39)23-17-19-26-37)31-22-29-42-36(46)33(40)24-18-20-27-38/h9-10,32-33H,2-8,11-31,37-40H2,1H3,(H,41,45)(H,42,46)/b10-9+/t32-,33-/m0/s1. The lowest BCUT2D eigenvalue weighted by atomic mass is 10.1. The number of nitrogens with zero attached hydrogens (tertiary/aromatic N) is 1. The highest BCUT2D eigenvalue weighted by Gasteiger charge is 2.16. The van der Waals surface area contributed by atoms with Crippen molar-refractivity contribution < 1.29 is 14.4 Å². The van der Waals surface area contributed by atoms with E-state index in [1.807, 2.05) is 4.90 Å². The molecular formula is C36H73N7O3. The molecule has 0 saturated carbocycles. The second-order valence-electron chi connectivity index (χ2n) is 12.8. The summed E-state index contributed by atoms with van der Waals surface area (Å²) in [5, 5.41) is 5.80. The molecule has 0 radical (unpaired) electrons. The lowest BCUT2D eigenvalue weighted by Gasteiger charge is -2.23. The minimum atomic E-state index is -0.532. The van der Waals surface area contributed by atoms with E-state index in [1.165, 1.54) is 57.8 Å². The van der Waals surface area contributed by atoms with Crippen LogP contribution in [0.15, 0.2) is 12.2 Å². The first-order valence-electron chi connectivity index (χ1n) is 18.8. The van der Waals surface area contributed by atoms with E-state index in [0.29, 0.717) is 71.4 Å². The molecule has 3 amide bonds. The van der Waals surface area contributed by atoms with Crippen LogP contribution in [-0.4, -0.2) is 74.0 Å². The Morgan fingerprint density at radius 2 is 1.02 bits per heavy atom. The van der Waals surface area contributed by atoms with Crippen molar-refractivity contribution >= 4 is 17.7 Å². The zero-order valence-electron chi connectivity index (χ0n) is 29.6. The van der Waals surface area contributed by atoms with E-state index < -0.39 is 12.1 Å². The van der Waals surface area contributed by atoms with E-state index in [4.69, 9.17) is 22.9 Å². The Hall–Kier alpha value is -2.01. The Kier molecular flexibility index (Phi) is 31.5. The molecule has 46 heavy (non-hydrogen) atoms. The maximum atomic E-state index is 13.1. The SMILES string of the molecule is CCCCCCCC/C=C/CCCCCCCC(=O)N(CCCNC(=O)[C@@H](N)CCCCN)CCCNC(=O)[C@@H](N)CCCCN. The highest BCUT2D eigenvalue weighted by Crippen LogP contribution is 2.11. The lowest BCUT2D eigenvalue weighted by molar-refractivity contribution is -0.131. The molecule has 10 heteroatoms. The quantitative estimate of drug-likeness (QED) is 0.0436. The number of amides is 3. The van der Waals surface area contributed by atoms with Crippen molar-refractivity contribution in [2.24, 2.45) is 22.9 Å². The van der Waals surface area contributed by atoms with Crippen LogP contribution in [0.4, 0.5) is 0 Å². The number of unbranched alkanes of at least 4 members (excludes halogenated alkanes) is 13. The third-order valence-corrected chi connectivity index (χ3v) is 8.43. The topological polar surface area (TPSA) is 183 Å². The first-order chi connectivity index (χ1) is 22.4. The molecule has 0 aromatic carbocycles. The average molecular weight is 652 g/mol. The van der Waals surface area contributed by atoms with Crippen molar-refractivity contribution in [2.45, 2.75) is 160 Å². The molecule has 0 aliphatic rings. The highest BCUT2D eigenvalue weighted by atomic mass is 16.2. The number of nitrogens with one attached hydrogen (secondary N) is 2. The fourth-order valence-electron chi connectivity index (χ4n) is 5.37. The van der Waals surface area contributed by atoms with Crippen molar-refractivity contribution in [1.29, 1.82) is 0 Å². The molecule has 2 atom stereocenters. The van der Waals surface area contributed by atoms with Crippen molar-refractivity contribution in [3.8, 4) is 0 Å². The smallest absolute Gasteiger partial charge is 0.236 e. The van der Waals surface area contributed by atoms with Gasteiger partial charge < -0.3 is 38.5 Å². The van der Waals surface area contributed by atoms with Gasteiger partial charge in [-0.3, -0.25) is 14.4 Å². The Balaban J connectivity index is 4.41. The van der Waals surface area contributed by atoms with Gasteiger partial charge in [-0.2, -0.15) is 0 Å². The molecule has 0 aliphatic heterocycles. The van der Waals surface area contributed by atoms with Crippen molar-refractivity contribution in [2.75, 3.05) is 39.3 Å². The molecular weight excluding hydrogens is 578 g/mol. The van der Waals surface area contributed by atoms with Crippen LogP contribution >= 0.6 is 0 Å². The average Bonchev–Trinajstić information content (AvgIpc) is 3.05. The normalized spacial score (nSPS) is 12.7. The molecule has 0 aliphatic carbocycles. The summed E-state index contributed by atoms with van der Waals surface area (Å²) in [4.78, 5) is 39.6. The molecule has 0 unspecified atom stereocenters. The number of allylic oxidation sites excluding steroid dienone is 2. The Bertz CT molecular complexity index is 730. The molecule has 0 bridgehead atoms. The third-order valence-electron chi connectivity index (χ3n) is 8.43. The molecule has 10 N–H and O–H groups in total. The van der Waals surface area contributed by atoms with E-state index in [2.05, 4.69) is 29.7 Å². The monoisotopic (exact) mass is 652 g/mol. The summed E-state index contributed by atoms with van der Waals surface area (Å²) in [6.45, 7) is 5.50. The summed E-state index contributed by atoms with van der Waals surface area (Å²) < 4.78 is 0. The van der Waals surface area contributed by atoms with Crippen LogP contribution in [0.5, 0.6) is 0 Å². The molecule has 0 rings (SSSR count). The summed E-state index contributed by atoms with van der Waals surface area (Å²) in [7, 11) is 0. The number of hydrogen-bond acceptors (Lipinski definition) is 7. The Labute approximate surface area is 282 Å². The maximum absolute atomic E-state index is 13.1. The predicted molar refractivity (Wildman–Crippen MR) is 193 cm³/mol. The van der Waals surface area contributed by atoms with E-state index in [1.54, 1.807) is 0 Å². The van der Waals surface area contributed by atoms with Gasteiger partial charge in [-0.1, -0.05) is 83.3 Å². The molecule has 0 aromatic heterocycles. The molecule has 0 spiro atoms. The number of nitrogens with two attached hydrogens (primary N) is 4. The molecule has 270 valence electrons. The molecule has 0 saturated heterocycles. The van der Waals surface area contributed by atoms with Gasteiger partial charge >= 0.3 is 0 Å². The van der Waals surface area contributed by atoms with Crippen molar-refractivity contribution in [1.82, 2.24) is 15.5 Å². The van der Waals surface area contributed by atoms with E-state index in [-0.39, 0.29) is 17.7 Å². The zero-order valence-corrected chi connectivity index (χ0v) is 29.6. The molecule has 0 fully saturated rings. The maximum Gasteiger partial charge on any atom is 0.236 e. The molecule has 0 aromatic rings.